The zero-order valence-corrected chi connectivity index (χ0v) is 13.2. The lowest BCUT2D eigenvalue weighted by atomic mass is 10.2. The maximum Gasteiger partial charge on any atom is 0.338 e. The molecule has 0 amide bonds. The Labute approximate surface area is 132 Å². The molecule has 0 atom stereocenters. The minimum Gasteiger partial charge on any atom is -0.494 e. The van der Waals surface area contributed by atoms with Crippen LogP contribution in [0.15, 0.2) is 46.9 Å². The lowest BCUT2D eigenvalue weighted by Crippen LogP contribution is -2.06. The Morgan fingerprint density at radius 3 is 2.57 bits per heavy atom. The fourth-order valence-corrected chi connectivity index (χ4v) is 2.07. The van der Waals surface area contributed by atoms with Gasteiger partial charge >= 0.3 is 5.97 Å². The predicted octanol–water partition coefficient (Wildman–Crippen LogP) is 3.79. The molecule has 0 aromatic heterocycles. The fourth-order valence-electron chi connectivity index (χ4n) is 1.80. The minimum atomic E-state index is -0.425. The zero-order chi connectivity index (χ0) is 15.2. The number of hydrogen-bond acceptors (Lipinski definition) is 4. The number of benzene rings is 2. The van der Waals surface area contributed by atoms with E-state index in [9.17, 15) is 4.79 Å². The average molecular weight is 350 g/mol. The molecule has 0 unspecified atom stereocenters. The van der Waals surface area contributed by atoms with E-state index in [1.807, 2.05) is 31.2 Å². The SMILES string of the molecule is CCOc1cc(N)cc(C(=O)OCc2ccc(Br)cc2)c1. The number of hydrogen-bond donors (Lipinski definition) is 1. The summed E-state index contributed by atoms with van der Waals surface area (Å²) in [5.74, 6) is 0.138. The molecule has 4 nitrogen and oxygen atoms in total. The molecule has 0 radical (unpaired) electrons. The van der Waals surface area contributed by atoms with Crippen LogP contribution in [0, 0.1) is 0 Å². The molecule has 0 aliphatic rings. The number of ether oxygens (including phenoxy) is 2. The van der Waals surface area contributed by atoms with Crippen LogP contribution in [0.2, 0.25) is 0 Å². The number of carbonyl (C=O) groups is 1. The van der Waals surface area contributed by atoms with Gasteiger partial charge in [0.1, 0.15) is 12.4 Å². The van der Waals surface area contributed by atoms with Crippen molar-refractivity contribution in [2.45, 2.75) is 13.5 Å². The number of halogens is 1. The first-order valence-corrected chi connectivity index (χ1v) is 7.32. The number of nitrogens with two attached hydrogens (primary N) is 1. The van der Waals surface area contributed by atoms with Gasteiger partial charge in [0, 0.05) is 16.2 Å². The molecule has 5 heteroatoms. The standard InChI is InChI=1S/C16H16BrNO3/c1-2-20-15-8-12(7-14(18)9-15)16(19)21-10-11-3-5-13(17)6-4-11/h3-9H,2,10,18H2,1H3. The summed E-state index contributed by atoms with van der Waals surface area (Å²) < 4.78 is 11.6. The molecule has 0 aliphatic heterocycles. The van der Waals surface area contributed by atoms with E-state index >= 15 is 0 Å². The number of anilines is 1. The molecule has 0 bridgehead atoms. The lowest BCUT2D eigenvalue weighted by molar-refractivity contribution is 0.0472. The molecule has 0 fully saturated rings. The van der Waals surface area contributed by atoms with Crippen LogP contribution >= 0.6 is 15.9 Å². The number of nitrogen functional groups attached to an aromatic ring is 1. The van der Waals surface area contributed by atoms with Gasteiger partial charge < -0.3 is 15.2 Å². The monoisotopic (exact) mass is 349 g/mol. The van der Waals surface area contributed by atoms with Crippen molar-refractivity contribution in [3.8, 4) is 5.75 Å². The van der Waals surface area contributed by atoms with Crippen molar-refractivity contribution >= 4 is 27.6 Å². The summed E-state index contributed by atoms with van der Waals surface area (Å²) >= 11 is 3.36. The molecule has 0 aliphatic carbocycles. The van der Waals surface area contributed by atoms with E-state index in [0.717, 1.165) is 10.0 Å². The first-order valence-electron chi connectivity index (χ1n) is 6.53. The Hall–Kier alpha value is -2.01. The van der Waals surface area contributed by atoms with E-state index < -0.39 is 5.97 Å². The second-order valence-electron chi connectivity index (χ2n) is 4.43. The van der Waals surface area contributed by atoms with Crippen LogP contribution in [0.3, 0.4) is 0 Å². The van der Waals surface area contributed by atoms with Crippen LogP contribution in [0.4, 0.5) is 5.69 Å². The van der Waals surface area contributed by atoms with Gasteiger partial charge in [0.05, 0.1) is 12.2 Å². The van der Waals surface area contributed by atoms with Crippen LogP contribution in [-0.4, -0.2) is 12.6 Å². The van der Waals surface area contributed by atoms with E-state index in [2.05, 4.69) is 15.9 Å². The van der Waals surface area contributed by atoms with Gasteiger partial charge in [-0.2, -0.15) is 0 Å². The fraction of sp³-hybridized carbons (Fsp3) is 0.188. The van der Waals surface area contributed by atoms with Crippen molar-refractivity contribution in [2.24, 2.45) is 0 Å². The maximum absolute atomic E-state index is 12.1. The summed E-state index contributed by atoms with van der Waals surface area (Å²) in [6.07, 6.45) is 0. The van der Waals surface area contributed by atoms with Gasteiger partial charge in [-0.15, -0.1) is 0 Å². The molecule has 0 spiro atoms. The molecule has 0 saturated carbocycles. The Kier molecular flexibility index (Phi) is 5.22. The van der Waals surface area contributed by atoms with Gasteiger partial charge in [-0.05, 0) is 36.8 Å². The highest BCUT2D eigenvalue weighted by Gasteiger charge is 2.10. The third kappa shape index (κ3) is 4.49. The Morgan fingerprint density at radius 2 is 1.90 bits per heavy atom. The molecular weight excluding hydrogens is 334 g/mol. The maximum atomic E-state index is 12.1. The van der Waals surface area contributed by atoms with E-state index in [1.165, 1.54) is 0 Å². The van der Waals surface area contributed by atoms with Gasteiger partial charge in [-0.25, -0.2) is 4.79 Å². The highest BCUT2D eigenvalue weighted by Crippen LogP contribution is 2.20. The molecule has 0 heterocycles. The molecule has 2 rings (SSSR count). The quantitative estimate of drug-likeness (QED) is 0.658. The topological polar surface area (TPSA) is 61.5 Å². The number of carbonyl (C=O) groups excluding carboxylic acids is 1. The number of esters is 1. The first kappa shape index (κ1) is 15.4. The van der Waals surface area contributed by atoms with Crippen molar-refractivity contribution < 1.29 is 14.3 Å². The first-order chi connectivity index (χ1) is 10.1. The van der Waals surface area contributed by atoms with Crippen LogP contribution < -0.4 is 10.5 Å². The Bertz CT molecular complexity index is 626. The molecule has 2 N–H and O–H groups in total. The summed E-state index contributed by atoms with van der Waals surface area (Å²) in [6.45, 7) is 2.59. The Balaban J connectivity index is 2.04. The second kappa shape index (κ2) is 7.13. The van der Waals surface area contributed by atoms with Crippen molar-refractivity contribution in [2.75, 3.05) is 12.3 Å². The summed E-state index contributed by atoms with van der Waals surface area (Å²) in [7, 11) is 0. The molecular formula is C16H16BrNO3. The van der Waals surface area contributed by atoms with Crippen molar-refractivity contribution in [3.63, 3.8) is 0 Å². The van der Waals surface area contributed by atoms with Crippen LogP contribution in [0.5, 0.6) is 5.75 Å². The summed E-state index contributed by atoms with van der Waals surface area (Å²) in [5, 5.41) is 0. The largest absolute Gasteiger partial charge is 0.494 e. The zero-order valence-electron chi connectivity index (χ0n) is 11.6. The van der Waals surface area contributed by atoms with Crippen LogP contribution in [0.25, 0.3) is 0 Å². The molecule has 110 valence electrons. The second-order valence-corrected chi connectivity index (χ2v) is 5.34. The summed E-state index contributed by atoms with van der Waals surface area (Å²) in [5.41, 5.74) is 7.53. The number of rotatable bonds is 5. The minimum absolute atomic E-state index is 0.213. The van der Waals surface area contributed by atoms with E-state index in [-0.39, 0.29) is 6.61 Å². The smallest absolute Gasteiger partial charge is 0.338 e. The third-order valence-electron chi connectivity index (χ3n) is 2.76. The van der Waals surface area contributed by atoms with Gasteiger partial charge in [0.25, 0.3) is 0 Å². The van der Waals surface area contributed by atoms with Crippen molar-refractivity contribution in [3.05, 3.63) is 58.1 Å². The normalized spacial score (nSPS) is 10.2. The van der Waals surface area contributed by atoms with Gasteiger partial charge in [0.15, 0.2) is 0 Å². The van der Waals surface area contributed by atoms with E-state index in [1.54, 1.807) is 18.2 Å². The molecule has 2 aromatic rings. The molecule has 0 saturated heterocycles. The lowest BCUT2D eigenvalue weighted by Gasteiger charge is -2.09. The summed E-state index contributed by atoms with van der Waals surface area (Å²) in [4.78, 5) is 12.1. The van der Waals surface area contributed by atoms with Crippen molar-refractivity contribution in [1.29, 1.82) is 0 Å². The predicted molar refractivity (Wildman–Crippen MR) is 85.3 cm³/mol. The van der Waals surface area contributed by atoms with Crippen LogP contribution in [-0.2, 0) is 11.3 Å². The summed E-state index contributed by atoms with van der Waals surface area (Å²) in [6, 6.07) is 12.5. The van der Waals surface area contributed by atoms with E-state index in [4.69, 9.17) is 15.2 Å². The molecule has 21 heavy (non-hydrogen) atoms. The highest BCUT2D eigenvalue weighted by molar-refractivity contribution is 9.10. The highest BCUT2D eigenvalue weighted by atomic mass is 79.9. The van der Waals surface area contributed by atoms with E-state index in [0.29, 0.717) is 23.6 Å². The Morgan fingerprint density at radius 1 is 1.19 bits per heavy atom. The molecule has 2 aromatic carbocycles. The van der Waals surface area contributed by atoms with Gasteiger partial charge in [-0.1, -0.05) is 28.1 Å². The van der Waals surface area contributed by atoms with Gasteiger partial charge in [0.2, 0.25) is 0 Å². The van der Waals surface area contributed by atoms with Crippen molar-refractivity contribution in [1.82, 2.24) is 0 Å². The van der Waals surface area contributed by atoms with Gasteiger partial charge in [-0.3, -0.25) is 0 Å². The third-order valence-corrected chi connectivity index (χ3v) is 3.29. The average Bonchev–Trinajstić information content (AvgIpc) is 2.46. The van der Waals surface area contributed by atoms with Crippen LogP contribution in [0.1, 0.15) is 22.8 Å².